The molecule has 0 aliphatic heterocycles. The summed E-state index contributed by atoms with van der Waals surface area (Å²) < 4.78 is 11.3. The van der Waals surface area contributed by atoms with Crippen molar-refractivity contribution in [2.24, 2.45) is 0 Å². The van der Waals surface area contributed by atoms with E-state index in [9.17, 15) is 5.11 Å². The summed E-state index contributed by atoms with van der Waals surface area (Å²) >= 11 is 3.52. The van der Waals surface area contributed by atoms with E-state index in [-0.39, 0.29) is 5.75 Å². The summed E-state index contributed by atoms with van der Waals surface area (Å²) in [6, 6.07) is 9.69. The molecule has 0 bridgehead atoms. The highest BCUT2D eigenvalue weighted by atomic mass is 79.9. The third-order valence-corrected chi connectivity index (χ3v) is 3.84. The Kier molecular flexibility index (Phi) is 4.96. The lowest BCUT2D eigenvalue weighted by molar-refractivity contribution is 0.339. The maximum absolute atomic E-state index is 9.90. The Morgan fingerprint density at radius 3 is 2.29 bits per heavy atom. The number of rotatable bonds is 5. The van der Waals surface area contributed by atoms with Crippen molar-refractivity contribution >= 4 is 21.6 Å². The fraction of sp³-hybridized carbons (Fsp3) is 0.250. The predicted octanol–water partition coefficient (Wildman–Crippen LogP) is 4.09. The van der Waals surface area contributed by atoms with E-state index in [1.807, 2.05) is 19.1 Å². The molecule has 0 fully saturated rings. The van der Waals surface area contributed by atoms with Crippen molar-refractivity contribution in [3.63, 3.8) is 0 Å². The van der Waals surface area contributed by atoms with Gasteiger partial charge in [-0.15, -0.1) is 0 Å². The third-order valence-electron chi connectivity index (χ3n) is 3.14. The van der Waals surface area contributed by atoms with Crippen LogP contribution in [0.1, 0.15) is 11.1 Å². The number of nitrogens with one attached hydrogen (secondary N) is 1. The highest BCUT2D eigenvalue weighted by molar-refractivity contribution is 9.10. The van der Waals surface area contributed by atoms with E-state index in [0.29, 0.717) is 18.0 Å². The van der Waals surface area contributed by atoms with Crippen LogP contribution in [0, 0.1) is 6.92 Å². The van der Waals surface area contributed by atoms with Crippen LogP contribution >= 0.6 is 15.9 Å². The molecule has 0 saturated carbocycles. The first-order valence-corrected chi connectivity index (χ1v) is 7.28. The average Bonchev–Trinajstić information content (AvgIpc) is 2.49. The molecule has 0 amide bonds. The molecule has 0 radical (unpaired) electrons. The van der Waals surface area contributed by atoms with Gasteiger partial charge in [-0.05, 0) is 58.2 Å². The standard InChI is InChI=1S/C16H18BrNO3/c1-10-4-5-12(17)13(6-10)18-9-11-7-14(20-2)16(19)15(8-11)21-3/h4-8,18-19H,9H2,1-3H3. The van der Waals surface area contributed by atoms with Gasteiger partial charge in [-0.25, -0.2) is 0 Å². The van der Waals surface area contributed by atoms with Gasteiger partial charge >= 0.3 is 0 Å². The van der Waals surface area contributed by atoms with E-state index >= 15 is 0 Å². The fourth-order valence-electron chi connectivity index (χ4n) is 2.02. The minimum Gasteiger partial charge on any atom is -0.502 e. The Labute approximate surface area is 132 Å². The fourth-order valence-corrected chi connectivity index (χ4v) is 2.41. The Hall–Kier alpha value is -1.88. The maximum Gasteiger partial charge on any atom is 0.200 e. The molecule has 4 nitrogen and oxygen atoms in total. The number of benzene rings is 2. The molecule has 0 saturated heterocycles. The molecule has 5 heteroatoms. The lowest BCUT2D eigenvalue weighted by Gasteiger charge is -2.13. The van der Waals surface area contributed by atoms with Crippen LogP contribution in [0.25, 0.3) is 0 Å². The summed E-state index contributed by atoms with van der Waals surface area (Å²) in [5.41, 5.74) is 3.15. The van der Waals surface area contributed by atoms with E-state index in [1.165, 1.54) is 19.8 Å². The Morgan fingerprint density at radius 1 is 1.10 bits per heavy atom. The molecule has 2 aromatic rings. The number of aryl methyl sites for hydroxylation is 1. The number of aromatic hydroxyl groups is 1. The molecule has 2 rings (SSSR count). The topological polar surface area (TPSA) is 50.7 Å². The van der Waals surface area contributed by atoms with Crippen molar-refractivity contribution in [1.29, 1.82) is 0 Å². The van der Waals surface area contributed by atoms with E-state index in [2.05, 4.69) is 27.3 Å². The zero-order chi connectivity index (χ0) is 15.4. The van der Waals surface area contributed by atoms with Crippen molar-refractivity contribution < 1.29 is 14.6 Å². The van der Waals surface area contributed by atoms with E-state index < -0.39 is 0 Å². The molecule has 112 valence electrons. The number of anilines is 1. The summed E-state index contributed by atoms with van der Waals surface area (Å²) in [6.07, 6.45) is 0. The SMILES string of the molecule is COc1cc(CNc2cc(C)ccc2Br)cc(OC)c1O. The minimum absolute atomic E-state index is 0.0143. The van der Waals surface area contributed by atoms with Crippen molar-refractivity contribution in [2.75, 3.05) is 19.5 Å². The molecule has 0 aliphatic carbocycles. The maximum atomic E-state index is 9.90. The van der Waals surface area contributed by atoms with Crippen molar-refractivity contribution in [1.82, 2.24) is 0 Å². The number of halogens is 1. The number of methoxy groups -OCH3 is 2. The van der Waals surface area contributed by atoms with E-state index in [4.69, 9.17) is 9.47 Å². The summed E-state index contributed by atoms with van der Waals surface area (Å²) in [4.78, 5) is 0. The summed E-state index contributed by atoms with van der Waals surface area (Å²) in [6.45, 7) is 2.64. The number of ether oxygens (including phenoxy) is 2. The van der Waals surface area contributed by atoms with Gasteiger partial charge in [0.1, 0.15) is 0 Å². The first kappa shape index (κ1) is 15.5. The zero-order valence-electron chi connectivity index (χ0n) is 12.2. The summed E-state index contributed by atoms with van der Waals surface area (Å²) in [5, 5.41) is 13.3. The van der Waals surface area contributed by atoms with Crippen molar-refractivity contribution in [2.45, 2.75) is 13.5 Å². The first-order chi connectivity index (χ1) is 10.0. The van der Waals surface area contributed by atoms with Gasteiger partial charge in [0.2, 0.25) is 5.75 Å². The Morgan fingerprint density at radius 2 is 1.71 bits per heavy atom. The second-order valence-electron chi connectivity index (χ2n) is 4.69. The predicted molar refractivity (Wildman–Crippen MR) is 87.4 cm³/mol. The second kappa shape index (κ2) is 6.72. The van der Waals surface area contributed by atoms with Gasteiger partial charge < -0.3 is 19.9 Å². The largest absolute Gasteiger partial charge is 0.502 e. The van der Waals surface area contributed by atoms with Crippen LogP contribution in [0.2, 0.25) is 0 Å². The van der Waals surface area contributed by atoms with E-state index in [1.54, 1.807) is 12.1 Å². The van der Waals surface area contributed by atoms with Crippen molar-refractivity contribution in [3.05, 3.63) is 45.9 Å². The van der Waals surface area contributed by atoms with Crippen LogP contribution in [-0.2, 0) is 6.54 Å². The Balaban J connectivity index is 2.22. The number of hydrogen-bond acceptors (Lipinski definition) is 4. The van der Waals surface area contributed by atoms with Gasteiger partial charge in [0, 0.05) is 16.7 Å². The minimum atomic E-state index is 0.0143. The van der Waals surface area contributed by atoms with Gasteiger partial charge in [0.25, 0.3) is 0 Å². The van der Waals surface area contributed by atoms with Crippen LogP contribution in [0.5, 0.6) is 17.2 Å². The average molecular weight is 352 g/mol. The number of phenols is 1. The molecule has 2 N–H and O–H groups in total. The highest BCUT2D eigenvalue weighted by Crippen LogP contribution is 2.37. The van der Waals surface area contributed by atoms with Crippen LogP contribution in [0.4, 0.5) is 5.69 Å². The lowest BCUT2D eigenvalue weighted by Crippen LogP contribution is -2.01. The van der Waals surface area contributed by atoms with Gasteiger partial charge in [-0.1, -0.05) is 6.07 Å². The monoisotopic (exact) mass is 351 g/mol. The van der Waals surface area contributed by atoms with Crippen molar-refractivity contribution in [3.8, 4) is 17.2 Å². The Bertz CT molecular complexity index is 618. The molecule has 2 aromatic carbocycles. The van der Waals surface area contributed by atoms with Crippen LogP contribution in [0.15, 0.2) is 34.8 Å². The van der Waals surface area contributed by atoms with Gasteiger partial charge in [0.15, 0.2) is 11.5 Å². The van der Waals surface area contributed by atoms with Gasteiger partial charge in [-0.2, -0.15) is 0 Å². The molecule has 21 heavy (non-hydrogen) atoms. The molecular formula is C16H18BrNO3. The smallest absolute Gasteiger partial charge is 0.200 e. The third kappa shape index (κ3) is 3.61. The van der Waals surface area contributed by atoms with Gasteiger partial charge in [0.05, 0.1) is 14.2 Å². The molecule has 0 aliphatic rings. The highest BCUT2D eigenvalue weighted by Gasteiger charge is 2.11. The molecule has 0 unspecified atom stereocenters. The summed E-state index contributed by atoms with van der Waals surface area (Å²) in [5.74, 6) is 0.810. The zero-order valence-corrected chi connectivity index (χ0v) is 13.8. The second-order valence-corrected chi connectivity index (χ2v) is 5.54. The van der Waals surface area contributed by atoms with E-state index in [0.717, 1.165) is 15.7 Å². The van der Waals surface area contributed by atoms with Crippen LogP contribution < -0.4 is 14.8 Å². The first-order valence-electron chi connectivity index (χ1n) is 6.49. The molecule has 0 heterocycles. The van der Waals surface area contributed by atoms with Crippen LogP contribution in [0.3, 0.4) is 0 Å². The molecular weight excluding hydrogens is 334 g/mol. The molecule has 0 spiro atoms. The quantitative estimate of drug-likeness (QED) is 0.851. The summed E-state index contributed by atoms with van der Waals surface area (Å²) in [7, 11) is 3.03. The number of hydrogen-bond donors (Lipinski definition) is 2. The normalized spacial score (nSPS) is 10.3. The van der Waals surface area contributed by atoms with Gasteiger partial charge in [-0.3, -0.25) is 0 Å². The number of phenolic OH excluding ortho intramolecular Hbond substituents is 1. The van der Waals surface area contributed by atoms with Crippen LogP contribution in [-0.4, -0.2) is 19.3 Å². The molecule has 0 aromatic heterocycles. The lowest BCUT2D eigenvalue weighted by atomic mass is 10.1. The molecule has 0 atom stereocenters.